The normalized spacial score (nSPS) is 22.3. The molecule has 5 aliphatic carbocycles. The Morgan fingerprint density at radius 1 is 0.769 bits per heavy atom. The molecule has 0 amide bonds. The second-order valence-corrected chi connectivity index (χ2v) is 12.7. The first-order valence-electron chi connectivity index (χ1n) is 16.2. The molecule has 6 rings (SSSR count). The van der Waals surface area contributed by atoms with Crippen molar-refractivity contribution >= 4 is 40.5 Å². The minimum Gasteiger partial charge on any atom is -0.496 e. The third-order valence-electron chi connectivity index (χ3n) is 10.0. The predicted octanol–water partition coefficient (Wildman–Crippen LogP) is 1.01. The highest BCUT2D eigenvalue weighted by atomic mass is 16.5. The van der Waals surface area contributed by atoms with Gasteiger partial charge in [0.1, 0.15) is 41.2 Å². The number of methoxy groups -OCH3 is 5. The zero-order valence-electron chi connectivity index (χ0n) is 29.5. The third kappa shape index (κ3) is 5.10. The predicted molar refractivity (Wildman–Crippen MR) is 182 cm³/mol. The van der Waals surface area contributed by atoms with Gasteiger partial charge in [0, 0.05) is 51.6 Å². The third-order valence-corrected chi connectivity index (χ3v) is 10.0. The molecule has 15 heteroatoms. The Morgan fingerprint density at radius 3 is 1.88 bits per heavy atom. The molecule has 0 spiro atoms. The van der Waals surface area contributed by atoms with Gasteiger partial charge in [-0.2, -0.15) is 0 Å². The number of hydrogen-bond acceptors (Lipinski definition) is 15. The van der Waals surface area contributed by atoms with E-state index in [0.717, 1.165) is 14.2 Å². The molecule has 52 heavy (non-hydrogen) atoms. The Kier molecular flexibility index (Phi) is 9.46. The fraction of sp³-hybridized carbons (Fsp3) is 0.378. The van der Waals surface area contributed by atoms with Gasteiger partial charge >= 0.3 is 11.9 Å². The lowest BCUT2D eigenvalue weighted by molar-refractivity contribution is -0.144. The summed E-state index contributed by atoms with van der Waals surface area (Å²) in [5, 5.41) is 38.4. The van der Waals surface area contributed by atoms with Gasteiger partial charge in [-0.05, 0) is 30.6 Å². The maximum absolute atomic E-state index is 14.3. The van der Waals surface area contributed by atoms with E-state index in [1.165, 1.54) is 40.4 Å². The van der Waals surface area contributed by atoms with Crippen LogP contribution in [0.2, 0.25) is 0 Å². The van der Waals surface area contributed by atoms with Crippen LogP contribution in [0.1, 0.15) is 52.7 Å². The van der Waals surface area contributed by atoms with Crippen molar-refractivity contribution in [3.63, 3.8) is 0 Å². The van der Waals surface area contributed by atoms with Crippen LogP contribution in [-0.2, 0) is 38.1 Å². The SMILES string of the molecule is COC(=O)C(CO)NC1=C2C=C(C)C(C(C)=O)c3c(OC)c(NC(CO)C(=O)OC)c4c5c3C2C2=C(C(=O)C=C(OC)C2=C5C(OC)=CC4=O)C1O. The first-order chi connectivity index (χ1) is 24.8. The van der Waals surface area contributed by atoms with Crippen molar-refractivity contribution in [2.24, 2.45) is 0 Å². The quantitative estimate of drug-likeness (QED) is 0.191. The number of hydrogen-bond donors (Lipinski definition) is 5. The smallest absolute Gasteiger partial charge is 0.330 e. The van der Waals surface area contributed by atoms with Crippen molar-refractivity contribution in [2.45, 2.75) is 43.9 Å². The number of allylic oxidation sites excluding steroid dienone is 7. The molecule has 5 N–H and O–H groups in total. The lowest BCUT2D eigenvalue weighted by Gasteiger charge is -2.44. The van der Waals surface area contributed by atoms with Crippen LogP contribution >= 0.6 is 0 Å². The van der Waals surface area contributed by atoms with Crippen molar-refractivity contribution in [3.05, 3.63) is 85.6 Å². The highest BCUT2D eigenvalue weighted by Gasteiger charge is 2.53. The van der Waals surface area contributed by atoms with E-state index in [1.807, 2.05) is 0 Å². The van der Waals surface area contributed by atoms with Gasteiger partial charge in [0.15, 0.2) is 11.6 Å². The van der Waals surface area contributed by atoms with Gasteiger partial charge in [-0.1, -0.05) is 11.6 Å². The zero-order valence-corrected chi connectivity index (χ0v) is 29.5. The van der Waals surface area contributed by atoms with Crippen molar-refractivity contribution in [1.29, 1.82) is 0 Å². The Labute approximate surface area is 297 Å². The summed E-state index contributed by atoms with van der Waals surface area (Å²) in [6, 6.07) is -2.73. The fourth-order valence-electron chi connectivity index (χ4n) is 7.99. The molecule has 15 nitrogen and oxygen atoms in total. The Hall–Kier alpha value is -5.51. The van der Waals surface area contributed by atoms with Crippen molar-refractivity contribution in [1.82, 2.24) is 5.32 Å². The lowest BCUT2D eigenvalue weighted by Crippen LogP contribution is -2.47. The van der Waals surface area contributed by atoms with Crippen LogP contribution in [0.3, 0.4) is 0 Å². The number of aliphatic hydroxyl groups excluding tert-OH is 3. The van der Waals surface area contributed by atoms with Crippen molar-refractivity contribution < 1.29 is 63.0 Å². The molecule has 0 heterocycles. The Balaban J connectivity index is 1.88. The summed E-state index contributed by atoms with van der Waals surface area (Å²) in [5.41, 5.74) is 2.50. The molecule has 5 unspecified atom stereocenters. The molecule has 0 bridgehead atoms. The van der Waals surface area contributed by atoms with E-state index in [1.54, 1.807) is 13.0 Å². The van der Waals surface area contributed by atoms with E-state index in [2.05, 4.69) is 10.6 Å². The fourth-order valence-corrected chi connectivity index (χ4v) is 7.99. The number of Topliss-reactive ketones (excluding diaryl/α,β-unsaturated/α-hetero) is 1. The van der Waals surface area contributed by atoms with Crippen LogP contribution in [-0.4, -0.2) is 112 Å². The van der Waals surface area contributed by atoms with E-state index < -0.39 is 66.7 Å². The number of rotatable bonds is 12. The van der Waals surface area contributed by atoms with Crippen molar-refractivity contribution in [3.8, 4) is 5.75 Å². The Bertz CT molecular complexity index is 2050. The number of nitrogens with one attached hydrogen (secondary N) is 2. The van der Waals surface area contributed by atoms with Gasteiger partial charge in [-0.15, -0.1) is 0 Å². The van der Waals surface area contributed by atoms with Gasteiger partial charge in [0.05, 0.1) is 65.9 Å². The van der Waals surface area contributed by atoms with Gasteiger partial charge in [0.2, 0.25) is 0 Å². The van der Waals surface area contributed by atoms with Crippen LogP contribution in [0.4, 0.5) is 5.69 Å². The number of carbonyl (C=O) groups is 5. The van der Waals surface area contributed by atoms with Gasteiger partial charge in [-0.25, -0.2) is 9.59 Å². The number of ether oxygens (including phenoxy) is 5. The first-order valence-corrected chi connectivity index (χ1v) is 16.2. The average molecular weight is 719 g/mol. The van der Waals surface area contributed by atoms with E-state index in [0.29, 0.717) is 33.4 Å². The number of anilines is 1. The summed E-state index contributed by atoms with van der Waals surface area (Å²) in [6.45, 7) is 1.59. The molecule has 1 aromatic rings. The minimum atomic E-state index is -1.67. The number of carbonyl (C=O) groups excluding carboxylic acids is 5. The van der Waals surface area contributed by atoms with Crippen LogP contribution in [0.15, 0.2) is 63.3 Å². The number of esters is 2. The molecule has 0 saturated heterocycles. The lowest BCUT2D eigenvalue weighted by atomic mass is 9.61. The molecular formula is C37H38N2O13. The molecule has 0 radical (unpaired) electrons. The zero-order chi connectivity index (χ0) is 37.9. The molecule has 0 fully saturated rings. The topological polar surface area (TPSA) is 216 Å². The number of ketones is 3. The van der Waals surface area contributed by atoms with Crippen LogP contribution in [0.5, 0.6) is 5.75 Å². The van der Waals surface area contributed by atoms with E-state index >= 15 is 0 Å². The van der Waals surface area contributed by atoms with E-state index in [4.69, 9.17) is 23.7 Å². The summed E-state index contributed by atoms with van der Waals surface area (Å²) in [6.07, 6.45) is 2.42. The van der Waals surface area contributed by atoms with Crippen LogP contribution in [0, 0.1) is 0 Å². The summed E-state index contributed by atoms with van der Waals surface area (Å²) in [4.78, 5) is 67.7. The average Bonchev–Trinajstić information content (AvgIpc) is 3.26. The van der Waals surface area contributed by atoms with E-state index in [-0.39, 0.29) is 56.7 Å². The van der Waals surface area contributed by atoms with Gasteiger partial charge in [0.25, 0.3) is 0 Å². The van der Waals surface area contributed by atoms with Crippen LogP contribution < -0.4 is 15.4 Å². The molecule has 0 saturated carbocycles. The minimum absolute atomic E-state index is 0.00108. The molecular weight excluding hydrogens is 680 g/mol. The highest BCUT2D eigenvalue weighted by molar-refractivity contribution is 6.21. The van der Waals surface area contributed by atoms with E-state index in [9.17, 15) is 39.3 Å². The second kappa shape index (κ2) is 13.6. The number of aliphatic hydroxyl groups is 3. The Morgan fingerprint density at radius 2 is 1.35 bits per heavy atom. The summed E-state index contributed by atoms with van der Waals surface area (Å²) in [7, 11) is 6.33. The summed E-state index contributed by atoms with van der Waals surface area (Å²) >= 11 is 0. The van der Waals surface area contributed by atoms with Gasteiger partial charge < -0.3 is 49.6 Å². The molecule has 5 aliphatic rings. The molecule has 5 atom stereocenters. The summed E-state index contributed by atoms with van der Waals surface area (Å²) < 4.78 is 27.4. The maximum Gasteiger partial charge on any atom is 0.330 e. The van der Waals surface area contributed by atoms with Crippen LogP contribution in [0.25, 0.3) is 5.57 Å². The first kappa shape index (κ1) is 36.3. The number of benzene rings is 1. The van der Waals surface area contributed by atoms with Crippen molar-refractivity contribution in [2.75, 3.05) is 54.1 Å². The second-order valence-electron chi connectivity index (χ2n) is 12.7. The van der Waals surface area contributed by atoms with Gasteiger partial charge in [-0.3, -0.25) is 14.4 Å². The molecule has 274 valence electrons. The summed E-state index contributed by atoms with van der Waals surface area (Å²) in [5.74, 6) is -5.09. The molecule has 0 aromatic heterocycles. The maximum atomic E-state index is 14.3. The largest absolute Gasteiger partial charge is 0.496 e. The standard InChI is InChI=1S/C37H38N2O13/c1-13-8-15-23-28-25(34(45)32(15)38-16(11-40)36(46)51-6)19(44)10-21(49-4)26(28)27-20(48-3)9-18(43)24-30(27)29(23)31(22(13)14(2)42)35(50-5)33(24)39-17(12-41)37(47)52-7/h8-10,16-17,22-23,34,38-41,45H,11-12H2,1-7H3. The molecule has 1 aromatic carbocycles. The highest BCUT2D eigenvalue weighted by Crippen LogP contribution is 2.63. The molecule has 0 aliphatic heterocycles. The monoisotopic (exact) mass is 718 g/mol.